The number of hydrogen-bond donors (Lipinski definition) is 2. The molecule has 0 fully saturated rings. The van der Waals surface area contributed by atoms with Gasteiger partial charge in [0.2, 0.25) is 0 Å². The van der Waals surface area contributed by atoms with Gasteiger partial charge in [-0.15, -0.1) is 0 Å². The minimum absolute atomic E-state index is 0.307. The van der Waals surface area contributed by atoms with Crippen LogP contribution in [-0.2, 0) is 0 Å². The molecular formula is C24H24N2O2. The SMILES string of the molecule is Cc1ccc(NC(=O)c2ccccc2C(=O)Nc2ccc(C)cc2C)c(C)c1. The zero-order valence-electron chi connectivity index (χ0n) is 16.6. The van der Waals surface area contributed by atoms with Gasteiger partial charge in [-0.25, -0.2) is 0 Å². The lowest BCUT2D eigenvalue weighted by molar-refractivity contribution is 0.0990. The number of carbonyl (C=O) groups excluding carboxylic acids is 2. The van der Waals surface area contributed by atoms with Gasteiger partial charge < -0.3 is 10.6 Å². The van der Waals surface area contributed by atoms with Crippen molar-refractivity contribution in [3.05, 3.63) is 94.0 Å². The highest BCUT2D eigenvalue weighted by atomic mass is 16.2. The lowest BCUT2D eigenvalue weighted by atomic mass is 10.0. The Balaban J connectivity index is 1.85. The molecular weight excluding hydrogens is 348 g/mol. The molecule has 0 radical (unpaired) electrons. The minimum atomic E-state index is -0.307. The van der Waals surface area contributed by atoms with E-state index in [2.05, 4.69) is 10.6 Å². The highest BCUT2D eigenvalue weighted by Crippen LogP contribution is 2.21. The molecule has 28 heavy (non-hydrogen) atoms. The van der Waals surface area contributed by atoms with Crippen LogP contribution in [0.5, 0.6) is 0 Å². The smallest absolute Gasteiger partial charge is 0.256 e. The molecule has 0 aliphatic heterocycles. The Bertz CT molecular complexity index is 970. The molecule has 4 heteroatoms. The number of aryl methyl sites for hydroxylation is 4. The highest BCUT2D eigenvalue weighted by Gasteiger charge is 2.18. The van der Waals surface area contributed by atoms with Gasteiger partial charge in [0, 0.05) is 11.4 Å². The lowest BCUT2D eigenvalue weighted by Crippen LogP contribution is -2.20. The van der Waals surface area contributed by atoms with Gasteiger partial charge >= 0.3 is 0 Å². The monoisotopic (exact) mass is 372 g/mol. The second-order valence-electron chi connectivity index (χ2n) is 7.09. The minimum Gasteiger partial charge on any atom is -0.322 e. The van der Waals surface area contributed by atoms with E-state index in [1.54, 1.807) is 24.3 Å². The topological polar surface area (TPSA) is 58.2 Å². The molecule has 2 amide bonds. The quantitative estimate of drug-likeness (QED) is 0.642. The molecule has 142 valence electrons. The number of amides is 2. The maximum atomic E-state index is 12.8. The van der Waals surface area contributed by atoms with E-state index in [1.165, 1.54) is 0 Å². The maximum absolute atomic E-state index is 12.8. The number of carbonyl (C=O) groups is 2. The van der Waals surface area contributed by atoms with Crippen molar-refractivity contribution in [1.29, 1.82) is 0 Å². The van der Waals surface area contributed by atoms with Crippen LogP contribution >= 0.6 is 0 Å². The molecule has 0 aromatic heterocycles. The van der Waals surface area contributed by atoms with E-state index in [1.807, 2.05) is 64.1 Å². The van der Waals surface area contributed by atoms with Crippen molar-refractivity contribution in [1.82, 2.24) is 0 Å². The molecule has 0 bridgehead atoms. The van der Waals surface area contributed by atoms with Crippen molar-refractivity contribution < 1.29 is 9.59 Å². The fourth-order valence-electron chi connectivity index (χ4n) is 3.17. The van der Waals surface area contributed by atoms with Crippen LogP contribution in [0.4, 0.5) is 11.4 Å². The van der Waals surface area contributed by atoms with Crippen molar-refractivity contribution >= 4 is 23.2 Å². The zero-order valence-corrected chi connectivity index (χ0v) is 16.6. The summed E-state index contributed by atoms with van der Waals surface area (Å²) in [4.78, 5) is 25.7. The van der Waals surface area contributed by atoms with Gasteiger partial charge in [0.15, 0.2) is 0 Å². The molecule has 0 unspecified atom stereocenters. The van der Waals surface area contributed by atoms with Crippen molar-refractivity contribution in [3.63, 3.8) is 0 Å². The predicted octanol–water partition coefficient (Wildman–Crippen LogP) is 5.42. The Morgan fingerprint density at radius 2 is 1.00 bits per heavy atom. The predicted molar refractivity (Wildman–Crippen MR) is 114 cm³/mol. The van der Waals surface area contributed by atoms with Crippen LogP contribution in [-0.4, -0.2) is 11.8 Å². The van der Waals surface area contributed by atoms with E-state index in [0.29, 0.717) is 11.1 Å². The lowest BCUT2D eigenvalue weighted by Gasteiger charge is -2.13. The van der Waals surface area contributed by atoms with Crippen molar-refractivity contribution in [2.75, 3.05) is 10.6 Å². The van der Waals surface area contributed by atoms with Gasteiger partial charge in [-0.1, -0.05) is 47.5 Å². The summed E-state index contributed by atoms with van der Waals surface area (Å²) in [7, 11) is 0. The van der Waals surface area contributed by atoms with Crippen LogP contribution < -0.4 is 10.6 Å². The standard InChI is InChI=1S/C24H24N2O2/c1-15-9-11-21(17(3)13-15)25-23(27)19-7-5-6-8-20(19)24(28)26-22-12-10-16(2)14-18(22)4/h5-14H,1-4H3,(H,25,27)(H,26,28). The highest BCUT2D eigenvalue weighted by molar-refractivity contribution is 6.15. The Labute approximate surface area is 165 Å². The fourth-order valence-corrected chi connectivity index (χ4v) is 3.17. The second-order valence-corrected chi connectivity index (χ2v) is 7.09. The van der Waals surface area contributed by atoms with E-state index in [-0.39, 0.29) is 11.8 Å². The Hall–Kier alpha value is -3.40. The van der Waals surface area contributed by atoms with Crippen molar-refractivity contribution in [2.24, 2.45) is 0 Å². The summed E-state index contributed by atoms with van der Waals surface area (Å²) in [5.74, 6) is -0.614. The summed E-state index contributed by atoms with van der Waals surface area (Å²) < 4.78 is 0. The van der Waals surface area contributed by atoms with Crippen molar-refractivity contribution in [3.8, 4) is 0 Å². The number of anilines is 2. The first-order valence-electron chi connectivity index (χ1n) is 9.21. The fraction of sp³-hybridized carbons (Fsp3) is 0.167. The van der Waals surface area contributed by atoms with E-state index in [0.717, 1.165) is 33.6 Å². The Morgan fingerprint density at radius 1 is 0.607 bits per heavy atom. The van der Waals surface area contributed by atoms with Gasteiger partial charge in [0.05, 0.1) is 11.1 Å². The molecule has 4 nitrogen and oxygen atoms in total. The first-order valence-corrected chi connectivity index (χ1v) is 9.21. The molecule has 0 saturated heterocycles. The maximum Gasteiger partial charge on any atom is 0.256 e. The third-order valence-corrected chi connectivity index (χ3v) is 4.68. The van der Waals surface area contributed by atoms with E-state index in [4.69, 9.17) is 0 Å². The van der Waals surface area contributed by atoms with Gasteiger partial charge in [-0.3, -0.25) is 9.59 Å². The number of hydrogen-bond acceptors (Lipinski definition) is 2. The summed E-state index contributed by atoms with van der Waals surface area (Å²) >= 11 is 0. The Kier molecular flexibility index (Phi) is 5.59. The van der Waals surface area contributed by atoms with E-state index >= 15 is 0 Å². The molecule has 0 aliphatic rings. The van der Waals surface area contributed by atoms with E-state index < -0.39 is 0 Å². The van der Waals surface area contributed by atoms with Crippen LogP contribution in [0.1, 0.15) is 43.0 Å². The zero-order chi connectivity index (χ0) is 20.3. The third kappa shape index (κ3) is 4.29. The molecule has 0 saturated carbocycles. The van der Waals surface area contributed by atoms with Crippen LogP contribution in [0.2, 0.25) is 0 Å². The average Bonchev–Trinajstić information content (AvgIpc) is 2.66. The molecule has 0 heterocycles. The molecule has 3 rings (SSSR count). The molecule has 2 N–H and O–H groups in total. The summed E-state index contributed by atoms with van der Waals surface area (Å²) in [5, 5.41) is 5.83. The molecule has 0 spiro atoms. The van der Waals surface area contributed by atoms with E-state index in [9.17, 15) is 9.59 Å². The van der Waals surface area contributed by atoms with Crippen LogP contribution in [0, 0.1) is 27.7 Å². The summed E-state index contributed by atoms with van der Waals surface area (Å²) in [6.07, 6.45) is 0. The second kappa shape index (κ2) is 8.09. The average molecular weight is 372 g/mol. The largest absolute Gasteiger partial charge is 0.322 e. The van der Waals surface area contributed by atoms with Gasteiger partial charge in [0.1, 0.15) is 0 Å². The summed E-state index contributed by atoms with van der Waals surface area (Å²) in [5.41, 5.74) is 6.36. The third-order valence-electron chi connectivity index (χ3n) is 4.68. The van der Waals surface area contributed by atoms with Crippen LogP contribution in [0.3, 0.4) is 0 Å². The number of rotatable bonds is 4. The Morgan fingerprint density at radius 3 is 1.36 bits per heavy atom. The summed E-state index contributed by atoms with van der Waals surface area (Å²) in [6.45, 7) is 7.90. The first-order chi connectivity index (χ1) is 13.3. The molecule has 0 aliphatic carbocycles. The van der Waals surface area contributed by atoms with Crippen molar-refractivity contribution in [2.45, 2.75) is 27.7 Å². The molecule has 0 atom stereocenters. The molecule has 3 aromatic carbocycles. The molecule has 3 aromatic rings. The van der Waals surface area contributed by atoms with Gasteiger partial charge in [0.25, 0.3) is 11.8 Å². The van der Waals surface area contributed by atoms with Crippen LogP contribution in [0.15, 0.2) is 60.7 Å². The van der Waals surface area contributed by atoms with Gasteiger partial charge in [-0.05, 0) is 63.1 Å². The first kappa shape index (κ1) is 19.4. The normalized spacial score (nSPS) is 10.4. The van der Waals surface area contributed by atoms with Crippen LogP contribution in [0.25, 0.3) is 0 Å². The number of nitrogens with one attached hydrogen (secondary N) is 2. The summed E-state index contributed by atoms with van der Waals surface area (Å²) in [6, 6.07) is 18.5. The number of benzene rings is 3. The van der Waals surface area contributed by atoms with Gasteiger partial charge in [-0.2, -0.15) is 0 Å².